The molecule has 0 aromatic rings. The zero-order chi connectivity index (χ0) is 27.2. The summed E-state index contributed by atoms with van der Waals surface area (Å²) in [7, 11) is 0. The summed E-state index contributed by atoms with van der Waals surface area (Å²) >= 11 is 0. The summed E-state index contributed by atoms with van der Waals surface area (Å²) < 4.78 is 0. The van der Waals surface area contributed by atoms with Crippen molar-refractivity contribution in [2.75, 3.05) is 13.1 Å². The number of rotatable bonds is 3. The molecule has 0 heterocycles. The molecule has 5 aliphatic rings. The Morgan fingerprint density at radius 3 is 2.27 bits per heavy atom. The Morgan fingerprint density at radius 2 is 1.62 bits per heavy atom. The molecular weight excluding hydrogens is 458 g/mol. The molecule has 0 saturated heterocycles. The number of allylic oxidation sites excluding steroid dienone is 7. The molecule has 1 amide bonds. The van der Waals surface area contributed by atoms with Crippen LogP contribution >= 0.6 is 0 Å². The molecule has 5 rings (SSSR count). The van der Waals surface area contributed by atoms with E-state index in [0.29, 0.717) is 17.4 Å². The Hall–Kier alpha value is -2.10. The van der Waals surface area contributed by atoms with Crippen LogP contribution in [0.4, 0.5) is 0 Å². The minimum Gasteiger partial charge on any atom is -0.504 e. The van der Waals surface area contributed by atoms with Crippen LogP contribution in [0.25, 0.3) is 0 Å². The summed E-state index contributed by atoms with van der Waals surface area (Å²) in [6.45, 7) is 19.7. The first kappa shape index (κ1) is 26.5. The van der Waals surface area contributed by atoms with E-state index in [2.05, 4.69) is 60.6 Å². The Kier molecular flexibility index (Phi) is 5.87. The highest BCUT2D eigenvalue weighted by atomic mass is 16.3. The van der Waals surface area contributed by atoms with Gasteiger partial charge in [0.2, 0.25) is 11.7 Å². The van der Waals surface area contributed by atoms with E-state index in [0.717, 1.165) is 62.8 Å². The summed E-state index contributed by atoms with van der Waals surface area (Å²) in [5.74, 6) is 0.434. The highest BCUT2D eigenvalue weighted by Crippen LogP contribution is 2.75. The molecule has 1 N–H and O–H groups in total. The number of fused-ring (bicyclic) bond motifs is 7. The number of carbonyl (C=O) groups excluding carboxylic acids is 2. The SMILES string of the molecule is CCN(CC)C(=O)[C@]1(C)CC[C@]2(C)CCC3(C)C4=CC=C5C(=CC(=O)C(O)=C5C)[C@]4(C)CC[C@@]3(C)[C@@H]2C1. The number of carbonyl (C=O) groups is 2. The average Bonchev–Trinajstić information content (AvgIpc) is 2.86. The van der Waals surface area contributed by atoms with Crippen molar-refractivity contribution in [2.45, 2.75) is 100 Å². The Morgan fingerprint density at radius 1 is 0.973 bits per heavy atom. The summed E-state index contributed by atoms with van der Waals surface area (Å²) in [6.07, 6.45) is 13.7. The number of hydrogen-bond acceptors (Lipinski definition) is 3. The molecule has 3 saturated carbocycles. The minimum atomic E-state index is -0.302. The largest absolute Gasteiger partial charge is 0.504 e. The number of aliphatic hydroxyl groups excluding tert-OH is 1. The fourth-order valence-corrected chi connectivity index (χ4v) is 9.54. The highest BCUT2D eigenvalue weighted by molar-refractivity contribution is 6.06. The normalized spacial score (nSPS) is 43.0. The predicted octanol–water partition coefficient (Wildman–Crippen LogP) is 7.48. The lowest BCUT2D eigenvalue weighted by atomic mass is 9.34. The molecule has 0 aromatic heterocycles. The maximum absolute atomic E-state index is 13.8. The van der Waals surface area contributed by atoms with E-state index in [4.69, 9.17) is 0 Å². The second-order valence-corrected chi connectivity index (χ2v) is 14.1. The molecule has 3 fully saturated rings. The van der Waals surface area contributed by atoms with Gasteiger partial charge in [0.25, 0.3) is 0 Å². The molecule has 202 valence electrons. The van der Waals surface area contributed by atoms with Crippen LogP contribution in [-0.4, -0.2) is 34.8 Å². The van der Waals surface area contributed by atoms with E-state index in [1.54, 1.807) is 6.08 Å². The van der Waals surface area contributed by atoms with Crippen LogP contribution in [0.15, 0.2) is 46.3 Å². The first-order chi connectivity index (χ1) is 17.2. The smallest absolute Gasteiger partial charge is 0.228 e. The van der Waals surface area contributed by atoms with Crippen LogP contribution in [-0.2, 0) is 9.59 Å². The molecule has 0 aromatic carbocycles. The molecule has 0 aliphatic heterocycles. The highest BCUT2D eigenvalue weighted by Gasteiger charge is 2.67. The van der Waals surface area contributed by atoms with E-state index < -0.39 is 0 Å². The van der Waals surface area contributed by atoms with Gasteiger partial charge in [-0.25, -0.2) is 0 Å². The third-order valence-electron chi connectivity index (χ3n) is 12.4. The molecule has 0 radical (unpaired) electrons. The van der Waals surface area contributed by atoms with Gasteiger partial charge in [-0.05, 0) is 105 Å². The summed E-state index contributed by atoms with van der Waals surface area (Å²) in [4.78, 5) is 28.5. The average molecular weight is 506 g/mol. The zero-order valence-electron chi connectivity index (χ0n) is 24.4. The van der Waals surface area contributed by atoms with Gasteiger partial charge in [0.05, 0.1) is 0 Å². The van der Waals surface area contributed by atoms with Crippen LogP contribution in [0.2, 0.25) is 0 Å². The van der Waals surface area contributed by atoms with Gasteiger partial charge in [-0.2, -0.15) is 0 Å². The van der Waals surface area contributed by atoms with Gasteiger partial charge < -0.3 is 10.0 Å². The van der Waals surface area contributed by atoms with Gasteiger partial charge in [0, 0.05) is 29.5 Å². The first-order valence-corrected chi connectivity index (χ1v) is 14.6. The van der Waals surface area contributed by atoms with Gasteiger partial charge >= 0.3 is 0 Å². The lowest BCUT2D eigenvalue weighted by molar-refractivity contribution is -0.174. The van der Waals surface area contributed by atoms with Crippen LogP contribution in [0.1, 0.15) is 100 Å². The van der Waals surface area contributed by atoms with Crippen molar-refractivity contribution in [3.63, 3.8) is 0 Å². The molecule has 0 spiro atoms. The Bertz CT molecular complexity index is 1180. The number of nitrogens with zero attached hydrogens (tertiary/aromatic N) is 1. The van der Waals surface area contributed by atoms with Gasteiger partial charge in [-0.15, -0.1) is 0 Å². The second-order valence-electron chi connectivity index (χ2n) is 14.1. The minimum absolute atomic E-state index is 0.0102. The maximum atomic E-state index is 13.8. The van der Waals surface area contributed by atoms with Crippen LogP contribution in [0.5, 0.6) is 0 Å². The standard InChI is InChI=1S/C33H47NO3/c1-9-34(10-2)28(37)30(5)14-13-29(4)15-17-32(7)25-12-11-22-21(3)27(36)24(35)19-23(22)31(25,6)16-18-33(32,8)26(29)20-30/h11-12,19,26,36H,9-10,13-18,20H2,1-8H3/t26-,29-,30-,31+,32?,33+/m1/s1. The maximum Gasteiger partial charge on any atom is 0.228 e. The lowest BCUT2D eigenvalue weighted by Gasteiger charge is -2.70. The summed E-state index contributed by atoms with van der Waals surface area (Å²) in [6, 6.07) is 0. The van der Waals surface area contributed by atoms with E-state index in [9.17, 15) is 14.7 Å². The molecule has 37 heavy (non-hydrogen) atoms. The third-order valence-corrected chi connectivity index (χ3v) is 12.4. The molecule has 4 heteroatoms. The van der Waals surface area contributed by atoms with Crippen molar-refractivity contribution >= 4 is 11.7 Å². The van der Waals surface area contributed by atoms with Gasteiger partial charge in [0.15, 0.2) is 5.76 Å². The molecule has 5 aliphatic carbocycles. The van der Waals surface area contributed by atoms with E-state index in [-0.39, 0.29) is 38.6 Å². The van der Waals surface area contributed by atoms with Gasteiger partial charge in [0.1, 0.15) is 0 Å². The zero-order valence-corrected chi connectivity index (χ0v) is 24.4. The van der Waals surface area contributed by atoms with Gasteiger partial charge in [-0.1, -0.05) is 52.3 Å². The summed E-state index contributed by atoms with van der Waals surface area (Å²) in [5.41, 5.74) is 4.08. The third kappa shape index (κ3) is 3.32. The van der Waals surface area contributed by atoms with Crippen LogP contribution in [0.3, 0.4) is 0 Å². The molecular formula is C33H47NO3. The number of ketones is 1. The topological polar surface area (TPSA) is 57.6 Å². The molecule has 4 nitrogen and oxygen atoms in total. The van der Waals surface area contributed by atoms with Crippen molar-refractivity contribution in [1.29, 1.82) is 0 Å². The Labute approximate surface area is 224 Å². The van der Waals surface area contributed by atoms with Crippen molar-refractivity contribution in [2.24, 2.45) is 33.0 Å². The van der Waals surface area contributed by atoms with E-state index >= 15 is 0 Å². The quantitative estimate of drug-likeness (QED) is 0.432. The monoisotopic (exact) mass is 505 g/mol. The lowest BCUT2D eigenvalue weighted by Crippen LogP contribution is -2.62. The number of hydrogen-bond donors (Lipinski definition) is 1. The fraction of sp³-hybridized carbons (Fsp3) is 0.697. The van der Waals surface area contributed by atoms with Crippen molar-refractivity contribution in [3.05, 3.63) is 46.3 Å². The molecule has 1 unspecified atom stereocenters. The van der Waals surface area contributed by atoms with Crippen molar-refractivity contribution in [3.8, 4) is 0 Å². The molecule has 6 atom stereocenters. The van der Waals surface area contributed by atoms with E-state index in [1.165, 1.54) is 12.0 Å². The van der Waals surface area contributed by atoms with Crippen molar-refractivity contribution in [1.82, 2.24) is 4.90 Å². The van der Waals surface area contributed by atoms with Gasteiger partial charge in [-0.3, -0.25) is 9.59 Å². The van der Waals surface area contributed by atoms with Crippen molar-refractivity contribution < 1.29 is 14.7 Å². The fourth-order valence-electron chi connectivity index (χ4n) is 9.54. The van der Waals surface area contributed by atoms with Crippen LogP contribution < -0.4 is 0 Å². The number of amides is 1. The summed E-state index contributed by atoms with van der Waals surface area (Å²) in [5, 5.41) is 10.4. The first-order valence-electron chi connectivity index (χ1n) is 14.6. The van der Waals surface area contributed by atoms with Crippen LogP contribution in [0, 0.1) is 33.0 Å². The van der Waals surface area contributed by atoms with E-state index in [1.807, 2.05) is 11.8 Å². The second kappa shape index (κ2) is 8.20. The predicted molar refractivity (Wildman–Crippen MR) is 149 cm³/mol. The Balaban J connectivity index is 1.59. The number of aliphatic hydroxyl groups is 1. The molecule has 0 bridgehead atoms.